The minimum atomic E-state index is -4.53. The maximum Gasteiger partial charge on any atom is 0.416 e. The molecule has 2 aromatic carbocycles. The molecule has 156 valence electrons. The molecular weight excluding hydrogens is 423 g/mol. The van der Waals surface area contributed by atoms with Gasteiger partial charge in [-0.05, 0) is 36.4 Å². The summed E-state index contributed by atoms with van der Waals surface area (Å²) in [4.78, 5) is 16.0. The third-order valence-corrected chi connectivity index (χ3v) is 4.21. The van der Waals surface area contributed by atoms with E-state index in [2.05, 4.69) is 20.5 Å². The van der Waals surface area contributed by atoms with E-state index in [4.69, 9.17) is 22.1 Å². The molecule has 0 aliphatic carbocycles. The van der Waals surface area contributed by atoms with Crippen LogP contribution in [0.3, 0.4) is 0 Å². The van der Waals surface area contributed by atoms with E-state index in [9.17, 15) is 18.0 Å². The molecule has 0 unspecified atom stereocenters. The van der Waals surface area contributed by atoms with Crippen LogP contribution in [0, 0.1) is 0 Å². The zero-order valence-electron chi connectivity index (χ0n) is 15.4. The van der Waals surface area contributed by atoms with Gasteiger partial charge in [-0.25, -0.2) is 4.99 Å². The fourth-order valence-corrected chi connectivity index (χ4v) is 2.79. The molecular formula is C19H15ClF3N5O2. The molecule has 1 heterocycles. The zero-order chi connectivity index (χ0) is 21.9. The third kappa shape index (κ3) is 4.71. The summed E-state index contributed by atoms with van der Waals surface area (Å²) in [5.74, 6) is -0.615. The number of rotatable bonds is 6. The number of halogens is 4. The van der Waals surface area contributed by atoms with Crippen molar-refractivity contribution in [3.05, 3.63) is 64.2 Å². The smallest absolute Gasteiger partial charge is 0.416 e. The Balaban J connectivity index is 1.96. The lowest BCUT2D eigenvalue weighted by atomic mass is 10.1. The van der Waals surface area contributed by atoms with Crippen LogP contribution in [0.25, 0.3) is 0 Å². The summed E-state index contributed by atoms with van der Waals surface area (Å²) in [5.41, 5.74) is 5.11. The van der Waals surface area contributed by atoms with Crippen molar-refractivity contribution in [1.29, 1.82) is 0 Å². The SMILES string of the molecule is COc1ccc(C(F)(F)F)cc1C=Nc1n[nH]c(Nc2cccc(Cl)c2)c1C(N)=O. The van der Waals surface area contributed by atoms with Crippen molar-refractivity contribution in [1.82, 2.24) is 10.2 Å². The van der Waals surface area contributed by atoms with Crippen LogP contribution in [0.2, 0.25) is 5.02 Å². The fourth-order valence-electron chi connectivity index (χ4n) is 2.60. The molecule has 3 rings (SSSR count). The molecule has 0 saturated carbocycles. The first-order chi connectivity index (χ1) is 14.2. The number of alkyl halides is 3. The minimum absolute atomic E-state index is 0.0510. The van der Waals surface area contributed by atoms with Gasteiger partial charge in [0.2, 0.25) is 0 Å². The van der Waals surface area contributed by atoms with Gasteiger partial charge in [-0.15, -0.1) is 0 Å². The van der Waals surface area contributed by atoms with E-state index in [0.717, 1.165) is 18.3 Å². The second-order valence-electron chi connectivity index (χ2n) is 6.01. The number of nitrogens with two attached hydrogens (primary N) is 1. The van der Waals surface area contributed by atoms with E-state index in [1.165, 1.54) is 13.2 Å². The van der Waals surface area contributed by atoms with E-state index in [1.54, 1.807) is 24.3 Å². The van der Waals surface area contributed by atoms with E-state index >= 15 is 0 Å². The molecule has 0 bridgehead atoms. The number of ether oxygens (including phenoxy) is 1. The highest BCUT2D eigenvalue weighted by Crippen LogP contribution is 2.33. The Morgan fingerprint density at radius 1 is 1.30 bits per heavy atom. The van der Waals surface area contributed by atoms with Crippen LogP contribution in [0.4, 0.5) is 30.5 Å². The number of primary amides is 1. The molecule has 7 nitrogen and oxygen atoms in total. The average Bonchev–Trinajstić information content (AvgIpc) is 3.08. The Morgan fingerprint density at radius 2 is 2.07 bits per heavy atom. The van der Waals surface area contributed by atoms with Crippen molar-refractivity contribution in [2.75, 3.05) is 12.4 Å². The normalized spacial score (nSPS) is 11.6. The number of aliphatic imine (C=N–C) groups is 1. The second-order valence-corrected chi connectivity index (χ2v) is 6.45. The third-order valence-electron chi connectivity index (χ3n) is 3.97. The van der Waals surface area contributed by atoms with Gasteiger partial charge in [0.05, 0.1) is 12.7 Å². The first-order valence-corrected chi connectivity index (χ1v) is 8.77. The molecule has 0 atom stereocenters. The number of nitrogens with one attached hydrogen (secondary N) is 2. The van der Waals surface area contributed by atoms with E-state index in [-0.39, 0.29) is 28.5 Å². The zero-order valence-corrected chi connectivity index (χ0v) is 16.2. The Kier molecular flexibility index (Phi) is 5.97. The Labute approximate surface area is 173 Å². The van der Waals surface area contributed by atoms with Gasteiger partial charge >= 0.3 is 6.18 Å². The first-order valence-electron chi connectivity index (χ1n) is 8.39. The summed E-state index contributed by atoms with van der Waals surface area (Å²) in [5, 5.41) is 9.89. The fraction of sp³-hybridized carbons (Fsp3) is 0.105. The number of methoxy groups -OCH3 is 1. The summed E-state index contributed by atoms with van der Waals surface area (Å²) < 4.78 is 44.1. The van der Waals surface area contributed by atoms with Crippen LogP contribution in [0.1, 0.15) is 21.5 Å². The highest BCUT2D eigenvalue weighted by Gasteiger charge is 2.31. The van der Waals surface area contributed by atoms with Gasteiger partial charge in [0.15, 0.2) is 5.82 Å². The van der Waals surface area contributed by atoms with Crippen molar-refractivity contribution >= 4 is 41.0 Å². The lowest BCUT2D eigenvalue weighted by molar-refractivity contribution is -0.137. The summed E-state index contributed by atoms with van der Waals surface area (Å²) in [6.07, 6.45) is -3.42. The number of carbonyl (C=O) groups is 1. The first kappa shape index (κ1) is 21.2. The molecule has 1 aromatic heterocycles. The Bertz CT molecular complexity index is 1110. The van der Waals surface area contributed by atoms with Crippen molar-refractivity contribution < 1.29 is 22.7 Å². The van der Waals surface area contributed by atoms with Crippen molar-refractivity contribution in [2.45, 2.75) is 6.18 Å². The van der Waals surface area contributed by atoms with Crippen molar-refractivity contribution in [2.24, 2.45) is 10.7 Å². The van der Waals surface area contributed by atoms with Crippen LogP contribution in [-0.4, -0.2) is 29.4 Å². The number of hydrogen-bond acceptors (Lipinski definition) is 5. The van der Waals surface area contributed by atoms with Crippen LogP contribution >= 0.6 is 11.6 Å². The Morgan fingerprint density at radius 3 is 2.70 bits per heavy atom. The van der Waals surface area contributed by atoms with Gasteiger partial charge in [0.25, 0.3) is 5.91 Å². The lowest BCUT2D eigenvalue weighted by Crippen LogP contribution is -2.12. The van der Waals surface area contributed by atoms with E-state index in [1.807, 2.05) is 0 Å². The molecule has 4 N–H and O–H groups in total. The van der Waals surface area contributed by atoms with E-state index in [0.29, 0.717) is 10.7 Å². The summed E-state index contributed by atoms with van der Waals surface area (Å²) >= 11 is 5.94. The summed E-state index contributed by atoms with van der Waals surface area (Å²) in [7, 11) is 1.32. The molecule has 3 aromatic rings. The number of H-pyrrole nitrogens is 1. The van der Waals surface area contributed by atoms with Gasteiger partial charge in [-0.2, -0.15) is 18.3 Å². The standard InChI is InChI=1S/C19H15ClF3N5O2/c1-30-14-6-5-11(19(21,22)23)7-10(14)9-25-17-15(16(24)29)18(28-27-17)26-13-4-2-3-12(20)8-13/h2-9H,1H3,(H2,24,29)(H2,26,27,28). The van der Waals surface area contributed by atoms with Gasteiger partial charge in [-0.1, -0.05) is 17.7 Å². The number of anilines is 2. The van der Waals surface area contributed by atoms with Crippen molar-refractivity contribution in [3.8, 4) is 5.75 Å². The maximum atomic E-state index is 13.0. The minimum Gasteiger partial charge on any atom is -0.496 e. The predicted octanol–water partition coefficient (Wildman–Crippen LogP) is 4.68. The quantitative estimate of drug-likeness (QED) is 0.487. The number of benzene rings is 2. The maximum absolute atomic E-state index is 13.0. The topological polar surface area (TPSA) is 105 Å². The van der Waals surface area contributed by atoms with Gasteiger partial charge in [0.1, 0.15) is 17.1 Å². The van der Waals surface area contributed by atoms with Crippen molar-refractivity contribution in [3.63, 3.8) is 0 Å². The second kappa shape index (κ2) is 8.46. The molecule has 0 radical (unpaired) electrons. The molecule has 11 heteroatoms. The van der Waals surface area contributed by atoms with Crippen LogP contribution < -0.4 is 15.8 Å². The molecule has 30 heavy (non-hydrogen) atoms. The monoisotopic (exact) mass is 437 g/mol. The number of carbonyl (C=O) groups excluding carboxylic acids is 1. The van der Waals surface area contributed by atoms with Crippen LogP contribution in [0.5, 0.6) is 5.75 Å². The Hall–Kier alpha value is -3.53. The van der Waals surface area contributed by atoms with Gasteiger partial charge in [-0.3, -0.25) is 9.89 Å². The molecule has 1 amide bonds. The molecule has 0 saturated heterocycles. The number of hydrogen-bond donors (Lipinski definition) is 3. The van der Waals surface area contributed by atoms with Gasteiger partial charge in [0, 0.05) is 22.5 Å². The van der Waals surface area contributed by atoms with Crippen LogP contribution in [-0.2, 0) is 6.18 Å². The van der Waals surface area contributed by atoms with Gasteiger partial charge < -0.3 is 15.8 Å². The number of nitrogens with zero attached hydrogens (tertiary/aromatic N) is 2. The largest absolute Gasteiger partial charge is 0.496 e. The molecule has 0 fully saturated rings. The number of aromatic nitrogens is 2. The molecule has 0 aliphatic rings. The summed E-state index contributed by atoms with van der Waals surface area (Å²) in [6, 6.07) is 9.64. The van der Waals surface area contributed by atoms with E-state index < -0.39 is 17.6 Å². The predicted molar refractivity (Wildman–Crippen MR) is 107 cm³/mol. The number of amides is 1. The highest BCUT2D eigenvalue weighted by atomic mass is 35.5. The average molecular weight is 438 g/mol. The lowest BCUT2D eigenvalue weighted by Gasteiger charge is -2.10. The summed E-state index contributed by atoms with van der Waals surface area (Å²) in [6.45, 7) is 0. The van der Waals surface area contributed by atoms with Crippen LogP contribution in [0.15, 0.2) is 47.5 Å². The number of aromatic amines is 1. The molecule has 0 aliphatic heterocycles. The highest BCUT2D eigenvalue weighted by molar-refractivity contribution is 6.30. The molecule has 0 spiro atoms.